The van der Waals surface area contributed by atoms with Gasteiger partial charge in [-0.1, -0.05) is 0 Å². The van der Waals surface area contributed by atoms with Gasteiger partial charge < -0.3 is 0 Å². The zero-order chi connectivity index (χ0) is 20.5. The summed E-state index contributed by atoms with van der Waals surface area (Å²) in [5.41, 5.74) is 0. The average molecular weight is 404 g/mol. The standard InChI is InChI=1S/C29H25P/c1-30(26-15-5-2-6-16-26,27-17-7-3-8-18-27,28-19-9-4-10-20-28)29-22-21-24-13-11-12-14-25(24)23-29/h2-23H,1H3. The predicted octanol–water partition coefficient (Wildman–Crippen LogP) is 5.62. The maximum atomic E-state index is 2.51. The van der Waals surface area contributed by atoms with Gasteiger partial charge in [0.15, 0.2) is 0 Å². The van der Waals surface area contributed by atoms with Gasteiger partial charge in [-0.3, -0.25) is 0 Å². The quantitative estimate of drug-likeness (QED) is 0.341. The van der Waals surface area contributed by atoms with Crippen LogP contribution in [-0.2, 0) is 0 Å². The zero-order valence-corrected chi connectivity index (χ0v) is 18.0. The minimum absolute atomic E-state index is 1.28. The van der Waals surface area contributed by atoms with Gasteiger partial charge in [-0.15, -0.1) is 0 Å². The molecule has 0 unspecified atom stereocenters. The molecule has 0 radical (unpaired) electrons. The Labute approximate surface area is 178 Å². The Morgan fingerprint density at radius 2 is 0.767 bits per heavy atom. The van der Waals surface area contributed by atoms with E-state index in [0.29, 0.717) is 0 Å². The summed E-state index contributed by atoms with van der Waals surface area (Å²) in [5.74, 6) is 0. The number of benzene rings is 5. The molecular weight excluding hydrogens is 379 g/mol. The van der Waals surface area contributed by atoms with Crippen molar-refractivity contribution in [3.63, 3.8) is 0 Å². The van der Waals surface area contributed by atoms with E-state index in [2.05, 4.69) is 140 Å². The van der Waals surface area contributed by atoms with E-state index in [1.807, 2.05) is 0 Å². The summed E-state index contributed by atoms with van der Waals surface area (Å²) in [7, 11) is 0. The van der Waals surface area contributed by atoms with E-state index in [9.17, 15) is 0 Å². The van der Waals surface area contributed by atoms with E-state index < -0.39 is 6.60 Å². The van der Waals surface area contributed by atoms with Gasteiger partial charge >= 0.3 is 179 Å². The SMILES string of the molecule is CP(c1ccccc1)(c1ccccc1)(c1ccccc1)c1ccc2ccccc2c1. The molecule has 0 aliphatic carbocycles. The van der Waals surface area contributed by atoms with Gasteiger partial charge in [-0.25, -0.2) is 0 Å². The van der Waals surface area contributed by atoms with Crippen LogP contribution in [0.4, 0.5) is 0 Å². The van der Waals surface area contributed by atoms with Gasteiger partial charge in [0.25, 0.3) is 0 Å². The van der Waals surface area contributed by atoms with Crippen molar-refractivity contribution < 1.29 is 0 Å². The van der Waals surface area contributed by atoms with E-state index in [4.69, 9.17) is 0 Å². The van der Waals surface area contributed by atoms with Gasteiger partial charge in [-0.2, -0.15) is 0 Å². The molecule has 0 saturated heterocycles. The van der Waals surface area contributed by atoms with Gasteiger partial charge in [0.05, 0.1) is 0 Å². The third-order valence-corrected chi connectivity index (χ3v) is 12.9. The Balaban J connectivity index is 1.99. The Hall–Kier alpha value is -3.21. The summed E-state index contributed by atoms with van der Waals surface area (Å²) in [6.07, 6.45) is 0. The summed E-state index contributed by atoms with van der Waals surface area (Å²) in [4.78, 5) is 0. The summed E-state index contributed by atoms with van der Waals surface area (Å²) in [5, 5.41) is 8.11. The van der Waals surface area contributed by atoms with E-state index in [0.717, 1.165) is 0 Å². The third-order valence-electron chi connectivity index (χ3n) is 6.58. The Bertz CT molecular complexity index is 1190. The van der Waals surface area contributed by atoms with Crippen molar-refractivity contribution in [2.24, 2.45) is 0 Å². The molecule has 1 heteroatoms. The Morgan fingerprint density at radius 1 is 0.367 bits per heavy atom. The summed E-state index contributed by atoms with van der Waals surface area (Å²) >= 11 is 0. The Kier molecular flexibility index (Phi) is 4.54. The molecule has 0 aliphatic heterocycles. The van der Waals surface area contributed by atoms with Crippen LogP contribution in [0.15, 0.2) is 133 Å². The second-order valence-corrected chi connectivity index (χ2v) is 13.3. The number of fused-ring (bicyclic) bond motifs is 1. The fourth-order valence-electron chi connectivity index (χ4n) is 4.82. The average Bonchev–Trinajstić information content (AvgIpc) is 2.85. The Morgan fingerprint density at radius 3 is 1.23 bits per heavy atom. The molecule has 30 heavy (non-hydrogen) atoms. The van der Waals surface area contributed by atoms with Crippen LogP contribution in [0.2, 0.25) is 0 Å². The number of hydrogen-bond donors (Lipinski definition) is 0. The molecule has 146 valence electrons. The second kappa shape index (κ2) is 7.24. The first-order chi connectivity index (χ1) is 14.7. The van der Waals surface area contributed by atoms with Crippen molar-refractivity contribution in [3.8, 4) is 0 Å². The molecule has 5 aromatic rings. The number of rotatable bonds is 4. The monoisotopic (exact) mass is 404 g/mol. The van der Waals surface area contributed by atoms with Crippen LogP contribution in [0.5, 0.6) is 0 Å². The van der Waals surface area contributed by atoms with Crippen molar-refractivity contribution in [1.82, 2.24) is 0 Å². The second-order valence-electron chi connectivity index (χ2n) is 8.10. The van der Waals surface area contributed by atoms with Crippen LogP contribution >= 0.6 is 6.60 Å². The maximum absolute atomic E-state index is 2.94. The molecule has 0 aliphatic rings. The molecule has 0 amide bonds. The van der Waals surface area contributed by atoms with Crippen LogP contribution in [0, 0.1) is 0 Å². The molecular formula is C29H25P. The van der Waals surface area contributed by atoms with Gasteiger partial charge in [0.2, 0.25) is 0 Å². The van der Waals surface area contributed by atoms with Crippen molar-refractivity contribution in [2.75, 3.05) is 6.66 Å². The first-order valence-electron chi connectivity index (χ1n) is 10.4. The van der Waals surface area contributed by atoms with E-state index >= 15 is 0 Å². The summed E-state index contributed by atoms with van der Waals surface area (Å²) in [6, 6.07) is 49.0. The van der Waals surface area contributed by atoms with Crippen molar-refractivity contribution in [3.05, 3.63) is 133 Å². The van der Waals surface area contributed by atoms with Crippen LogP contribution in [0.25, 0.3) is 10.8 Å². The summed E-state index contributed by atoms with van der Waals surface area (Å²) in [6.45, 7) is -0.430. The summed E-state index contributed by atoms with van der Waals surface area (Å²) < 4.78 is 0. The molecule has 0 bridgehead atoms. The minimum atomic E-state index is -2.94. The fraction of sp³-hybridized carbons (Fsp3) is 0.0345. The van der Waals surface area contributed by atoms with Crippen molar-refractivity contribution >= 4 is 38.6 Å². The number of hydrogen-bond acceptors (Lipinski definition) is 0. The molecule has 0 spiro atoms. The zero-order valence-electron chi connectivity index (χ0n) is 17.1. The molecule has 0 fully saturated rings. The predicted molar refractivity (Wildman–Crippen MR) is 135 cm³/mol. The van der Waals surface area contributed by atoms with Crippen LogP contribution in [-0.4, -0.2) is 6.66 Å². The molecule has 0 aromatic heterocycles. The van der Waals surface area contributed by atoms with E-state index in [1.165, 1.54) is 32.0 Å². The normalized spacial score (nSPS) is 12.9. The van der Waals surface area contributed by atoms with E-state index in [-0.39, 0.29) is 0 Å². The molecule has 5 aromatic carbocycles. The van der Waals surface area contributed by atoms with Crippen LogP contribution < -0.4 is 21.2 Å². The van der Waals surface area contributed by atoms with Crippen LogP contribution in [0.1, 0.15) is 0 Å². The van der Waals surface area contributed by atoms with Gasteiger partial charge in [0.1, 0.15) is 0 Å². The van der Waals surface area contributed by atoms with Crippen molar-refractivity contribution in [1.29, 1.82) is 0 Å². The molecule has 0 saturated carbocycles. The van der Waals surface area contributed by atoms with Gasteiger partial charge in [-0.05, 0) is 0 Å². The molecule has 5 rings (SSSR count). The van der Waals surface area contributed by atoms with Crippen LogP contribution in [0.3, 0.4) is 0 Å². The molecule has 0 atom stereocenters. The van der Waals surface area contributed by atoms with Crippen molar-refractivity contribution in [2.45, 2.75) is 0 Å². The molecule has 0 N–H and O–H groups in total. The molecule has 0 nitrogen and oxygen atoms in total. The van der Waals surface area contributed by atoms with Gasteiger partial charge in [0, 0.05) is 0 Å². The molecule has 0 heterocycles. The first kappa shape index (κ1) is 18.8. The van der Waals surface area contributed by atoms with E-state index in [1.54, 1.807) is 0 Å². The third kappa shape index (κ3) is 2.65. The topological polar surface area (TPSA) is 0 Å². The fourth-order valence-corrected chi connectivity index (χ4v) is 10.3. The first-order valence-corrected chi connectivity index (χ1v) is 13.1.